The second kappa shape index (κ2) is 13.6. The van der Waals surface area contributed by atoms with Gasteiger partial charge in [0.15, 0.2) is 0 Å². The first-order valence-electron chi connectivity index (χ1n) is 7.73. The van der Waals surface area contributed by atoms with Gasteiger partial charge < -0.3 is 4.90 Å². The highest BCUT2D eigenvalue weighted by Crippen LogP contribution is 2.07. The Morgan fingerprint density at radius 2 is 1.32 bits per heavy atom. The normalized spacial score (nSPS) is 9.32. The summed E-state index contributed by atoms with van der Waals surface area (Å²) in [5.41, 5.74) is 4.11. The molecule has 0 aliphatic rings. The molecule has 19 heavy (non-hydrogen) atoms. The van der Waals surface area contributed by atoms with Gasteiger partial charge in [-0.2, -0.15) is 0 Å². The molecule has 0 aromatic heterocycles. The Hall–Kier alpha value is -0.820. The van der Waals surface area contributed by atoms with Crippen molar-refractivity contribution < 1.29 is 0 Å². The molecule has 1 rings (SSSR count). The van der Waals surface area contributed by atoms with E-state index in [2.05, 4.69) is 64.8 Å². The van der Waals surface area contributed by atoms with E-state index in [9.17, 15) is 0 Å². The zero-order valence-electron chi connectivity index (χ0n) is 14.5. The summed E-state index contributed by atoms with van der Waals surface area (Å²) in [6, 6.07) is 6.50. The van der Waals surface area contributed by atoms with Crippen molar-refractivity contribution >= 4 is 0 Å². The quantitative estimate of drug-likeness (QED) is 0.707. The molecule has 0 bridgehead atoms. The van der Waals surface area contributed by atoms with Gasteiger partial charge >= 0.3 is 0 Å². The second-order valence-corrected chi connectivity index (χ2v) is 4.89. The van der Waals surface area contributed by atoms with Crippen LogP contribution in [0.3, 0.4) is 0 Å². The van der Waals surface area contributed by atoms with Crippen molar-refractivity contribution in [3.8, 4) is 0 Å². The number of benzene rings is 1. The topological polar surface area (TPSA) is 3.24 Å². The fourth-order valence-corrected chi connectivity index (χ4v) is 1.77. The van der Waals surface area contributed by atoms with Crippen molar-refractivity contribution in [1.82, 2.24) is 4.90 Å². The average Bonchev–Trinajstić information content (AvgIpc) is 2.38. The summed E-state index contributed by atoms with van der Waals surface area (Å²) in [4.78, 5) is 2.36. The fraction of sp³-hybridized carbons (Fsp3) is 0.667. The Balaban J connectivity index is 0. The Bertz CT molecular complexity index is 299. The lowest BCUT2D eigenvalue weighted by molar-refractivity contribution is 0.335. The minimum atomic E-state index is 1.24. The molecule has 0 atom stereocenters. The second-order valence-electron chi connectivity index (χ2n) is 4.89. The van der Waals surface area contributed by atoms with Crippen molar-refractivity contribution in [3.05, 3.63) is 34.9 Å². The molecule has 0 aliphatic carbocycles. The van der Waals surface area contributed by atoms with Crippen molar-refractivity contribution in [2.45, 2.75) is 61.3 Å². The minimum absolute atomic E-state index is 1.24. The van der Waals surface area contributed by atoms with E-state index in [-0.39, 0.29) is 0 Å². The molecular formula is C18H35N. The third-order valence-electron chi connectivity index (χ3n) is 2.87. The van der Waals surface area contributed by atoms with E-state index < -0.39 is 0 Å². The molecule has 0 unspecified atom stereocenters. The Kier molecular flexibility index (Phi) is 14.7. The van der Waals surface area contributed by atoms with E-state index in [0.717, 1.165) is 0 Å². The first-order chi connectivity index (χ1) is 9.01. The van der Waals surface area contributed by atoms with Gasteiger partial charge in [0.25, 0.3) is 0 Å². The van der Waals surface area contributed by atoms with Crippen molar-refractivity contribution in [2.75, 3.05) is 20.1 Å². The summed E-state index contributed by atoms with van der Waals surface area (Å²) in [5.74, 6) is 0. The monoisotopic (exact) mass is 265 g/mol. The van der Waals surface area contributed by atoms with E-state index in [1.807, 2.05) is 13.8 Å². The largest absolute Gasteiger partial charge is 0.306 e. The third kappa shape index (κ3) is 12.0. The maximum atomic E-state index is 2.36. The van der Waals surface area contributed by atoms with E-state index >= 15 is 0 Å². The number of rotatable bonds is 4. The van der Waals surface area contributed by atoms with E-state index in [4.69, 9.17) is 0 Å². The summed E-state index contributed by atoms with van der Waals surface area (Å²) in [7, 11) is 2.17. The molecule has 0 saturated heterocycles. The van der Waals surface area contributed by atoms with Gasteiger partial charge in [0.1, 0.15) is 0 Å². The SMILES string of the molecule is CC.CCCN(C)CCC.Cc1ccc(C)c(C)c1. The highest BCUT2D eigenvalue weighted by Gasteiger charge is 1.90. The molecule has 0 fully saturated rings. The molecule has 1 aromatic rings. The van der Waals surface area contributed by atoms with Crippen LogP contribution in [-0.2, 0) is 0 Å². The molecule has 112 valence electrons. The minimum Gasteiger partial charge on any atom is -0.306 e. The third-order valence-corrected chi connectivity index (χ3v) is 2.87. The molecule has 1 heteroatoms. The fourth-order valence-electron chi connectivity index (χ4n) is 1.77. The molecular weight excluding hydrogens is 230 g/mol. The first kappa shape index (κ1) is 20.5. The van der Waals surface area contributed by atoms with Crippen LogP contribution in [0.5, 0.6) is 0 Å². The van der Waals surface area contributed by atoms with Gasteiger partial charge in [-0.3, -0.25) is 0 Å². The summed E-state index contributed by atoms with van der Waals surface area (Å²) in [6.07, 6.45) is 2.55. The van der Waals surface area contributed by atoms with Crippen molar-refractivity contribution in [1.29, 1.82) is 0 Å². The zero-order valence-corrected chi connectivity index (χ0v) is 14.5. The molecule has 0 spiro atoms. The Morgan fingerprint density at radius 3 is 1.63 bits per heavy atom. The van der Waals surface area contributed by atoms with Gasteiger partial charge in [0.05, 0.1) is 0 Å². The standard InChI is InChI=1S/C9H12.C7H17N.C2H6/c1-7-4-5-8(2)9(3)6-7;1-4-6-8(3)7-5-2;1-2/h4-6H,1-3H3;4-7H2,1-3H3;1-2H3. The van der Waals surface area contributed by atoms with E-state index in [0.29, 0.717) is 0 Å². The maximum Gasteiger partial charge on any atom is -0.00244 e. The summed E-state index contributed by atoms with van der Waals surface area (Å²) >= 11 is 0. The lowest BCUT2D eigenvalue weighted by Crippen LogP contribution is -2.19. The molecule has 0 radical (unpaired) electrons. The van der Waals surface area contributed by atoms with Gasteiger partial charge in [-0.15, -0.1) is 0 Å². The molecule has 1 nitrogen and oxygen atoms in total. The smallest absolute Gasteiger partial charge is 0.00244 e. The van der Waals surface area contributed by atoms with Crippen LogP contribution >= 0.6 is 0 Å². The molecule has 1 aromatic carbocycles. The summed E-state index contributed by atoms with van der Waals surface area (Å²) < 4.78 is 0. The number of nitrogens with zero attached hydrogens (tertiary/aromatic N) is 1. The maximum absolute atomic E-state index is 2.36. The van der Waals surface area contributed by atoms with Gasteiger partial charge in [0, 0.05) is 0 Å². The van der Waals surface area contributed by atoms with Gasteiger partial charge in [-0.25, -0.2) is 0 Å². The number of hydrogen-bond acceptors (Lipinski definition) is 1. The van der Waals surface area contributed by atoms with E-state index in [1.165, 1.54) is 42.6 Å². The molecule has 0 N–H and O–H groups in total. The Labute approximate surface area is 122 Å². The van der Waals surface area contributed by atoms with Crippen LogP contribution in [0.2, 0.25) is 0 Å². The Morgan fingerprint density at radius 1 is 0.842 bits per heavy atom. The average molecular weight is 265 g/mol. The predicted molar refractivity (Wildman–Crippen MR) is 90.1 cm³/mol. The van der Waals surface area contributed by atoms with Crippen LogP contribution in [0, 0.1) is 20.8 Å². The van der Waals surface area contributed by atoms with Crippen molar-refractivity contribution in [3.63, 3.8) is 0 Å². The molecule has 0 aliphatic heterocycles. The highest BCUT2D eigenvalue weighted by molar-refractivity contribution is 5.28. The molecule has 0 amide bonds. The highest BCUT2D eigenvalue weighted by atomic mass is 15.1. The predicted octanol–water partition coefficient (Wildman–Crippen LogP) is 5.38. The number of aryl methyl sites for hydroxylation is 3. The zero-order chi connectivity index (χ0) is 15.3. The first-order valence-corrected chi connectivity index (χ1v) is 7.73. The van der Waals surface area contributed by atoms with Gasteiger partial charge in [-0.1, -0.05) is 51.5 Å². The van der Waals surface area contributed by atoms with Crippen LogP contribution in [-0.4, -0.2) is 25.0 Å². The van der Waals surface area contributed by atoms with Crippen molar-refractivity contribution in [2.24, 2.45) is 0 Å². The van der Waals surface area contributed by atoms with Crippen LogP contribution < -0.4 is 0 Å². The van der Waals surface area contributed by atoms with Crippen LogP contribution in [0.25, 0.3) is 0 Å². The summed E-state index contributed by atoms with van der Waals surface area (Å²) in [5, 5.41) is 0. The van der Waals surface area contributed by atoms with Gasteiger partial charge in [0.2, 0.25) is 0 Å². The van der Waals surface area contributed by atoms with Gasteiger partial charge in [-0.05, 0) is 64.9 Å². The molecule has 0 saturated carbocycles. The summed E-state index contributed by atoms with van der Waals surface area (Å²) in [6.45, 7) is 17.3. The molecule has 0 heterocycles. The van der Waals surface area contributed by atoms with E-state index in [1.54, 1.807) is 0 Å². The van der Waals surface area contributed by atoms with Crippen LogP contribution in [0.1, 0.15) is 57.2 Å². The van der Waals surface area contributed by atoms with Crippen LogP contribution in [0.15, 0.2) is 18.2 Å². The lowest BCUT2D eigenvalue weighted by Gasteiger charge is -2.12. The number of hydrogen-bond donors (Lipinski definition) is 0. The lowest BCUT2D eigenvalue weighted by atomic mass is 10.1. The van der Waals surface area contributed by atoms with Crippen LogP contribution in [0.4, 0.5) is 0 Å².